The second kappa shape index (κ2) is 9.36. The van der Waals surface area contributed by atoms with Crippen molar-refractivity contribution in [3.63, 3.8) is 0 Å². The minimum Gasteiger partial charge on any atom is -0.356 e. The van der Waals surface area contributed by atoms with Crippen molar-refractivity contribution in [2.75, 3.05) is 25.5 Å². The van der Waals surface area contributed by atoms with Crippen LogP contribution in [0.5, 0.6) is 0 Å². The molecule has 2 heterocycles. The summed E-state index contributed by atoms with van der Waals surface area (Å²) in [5, 5.41) is 6.56. The van der Waals surface area contributed by atoms with Gasteiger partial charge in [-0.1, -0.05) is 34.6 Å². The topological polar surface area (TPSA) is 128 Å². The normalized spacial score (nSPS) is 28.0. The van der Waals surface area contributed by atoms with Crippen LogP contribution in [0.25, 0.3) is 0 Å². The highest BCUT2D eigenvalue weighted by Gasteiger charge is 2.70. The van der Waals surface area contributed by atoms with Crippen LogP contribution < -0.4 is 16.1 Å². The molecule has 11 heteroatoms. The molecule has 0 aromatic rings. The van der Waals surface area contributed by atoms with Gasteiger partial charge in [-0.25, -0.2) is 0 Å². The molecule has 1 aliphatic carbocycles. The standard InChI is InChI=1S/C23H36ClN5O5/c1-12(30)26-18(22(2,3)4)21(34)28-11-14-16(23(14,5)6)17(28)20(33)27-29(15(31)9-24)10-13-7-8-25-19(13)32/h13-14,16-18H,7-11H2,1-6H3,(H,25,32)(H,26,30)(H,27,33)/t13-,14-,16-,17-,18+/m0/s1. The second-order valence-corrected chi connectivity index (χ2v) is 11.5. The first kappa shape index (κ1) is 26.2. The number of rotatable bonds is 6. The number of halogens is 1. The van der Waals surface area contributed by atoms with E-state index in [1.807, 2.05) is 20.8 Å². The number of fused-ring (bicyclic) bond motifs is 1. The molecule has 0 aromatic heterocycles. The zero-order valence-corrected chi connectivity index (χ0v) is 21.5. The second-order valence-electron chi connectivity index (χ2n) is 11.3. The fourth-order valence-corrected chi connectivity index (χ4v) is 5.50. The van der Waals surface area contributed by atoms with Gasteiger partial charge in [0.05, 0.1) is 12.5 Å². The van der Waals surface area contributed by atoms with Gasteiger partial charge in [0.2, 0.25) is 17.7 Å². The molecule has 3 N–H and O–H groups in total. The number of alkyl halides is 1. The largest absolute Gasteiger partial charge is 0.356 e. The van der Waals surface area contributed by atoms with Gasteiger partial charge in [0.15, 0.2) is 0 Å². The summed E-state index contributed by atoms with van der Waals surface area (Å²) in [4.78, 5) is 65.0. The van der Waals surface area contributed by atoms with E-state index in [1.54, 1.807) is 0 Å². The maximum Gasteiger partial charge on any atom is 0.261 e. The highest BCUT2D eigenvalue weighted by Crippen LogP contribution is 2.65. The van der Waals surface area contributed by atoms with E-state index < -0.39 is 35.2 Å². The molecule has 2 aliphatic heterocycles. The number of hydrazine groups is 1. The van der Waals surface area contributed by atoms with Crippen LogP contribution >= 0.6 is 11.6 Å². The van der Waals surface area contributed by atoms with Gasteiger partial charge >= 0.3 is 0 Å². The van der Waals surface area contributed by atoms with Gasteiger partial charge in [-0.15, -0.1) is 11.6 Å². The molecule has 10 nitrogen and oxygen atoms in total. The first-order chi connectivity index (χ1) is 15.7. The molecule has 5 atom stereocenters. The van der Waals surface area contributed by atoms with Crippen LogP contribution in [-0.2, 0) is 24.0 Å². The summed E-state index contributed by atoms with van der Waals surface area (Å²) >= 11 is 5.77. The Balaban J connectivity index is 1.83. The summed E-state index contributed by atoms with van der Waals surface area (Å²) in [6, 6.07) is -1.60. The highest BCUT2D eigenvalue weighted by atomic mass is 35.5. The summed E-state index contributed by atoms with van der Waals surface area (Å²) in [5.41, 5.74) is 1.96. The minimum atomic E-state index is -0.802. The Morgan fingerprint density at radius 1 is 1.26 bits per heavy atom. The maximum atomic E-state index is 13.6. The molecule has 3 fully saturated rings. The number of piperidine rings is 1. The average Bonchev–Trinajstić information content (AvgIpc) is 3.10. The third-order valence-corrected chi connectivity index (χ3v) is 7.68. The van der Waals surface area contributed by atoms with Crippen molar-refractivity contribution in [2.24, 2.45) is 28.6 Å². The third kappa shape index (κ3) is 5.01. The van der Waals surface area contributed by atoms with Crippen molar-refractivity contribution in [3.05, 3.63) is 0 Å². The van der Waals surface area contributed by atoms with Crippen LogP contribution in [0.2, 0.25) is 0 Å². The zero-order valence-electron chi connectivity index (χ0n) is 20.7. The lowest BCUT2D eigenvalue weighted by atomic mass is 9.85. The van der Waals surface area contributed by atoms with E-state index in [4.69, 9.17) is 11.6 Å². The smallest absolute Gasteiger partial charge is 0.261 e. The monoisotopic (exact) mass is 497 g/mol. The number of carbonyl (C=O) groups excluding carboxylic acids is 5. The summed E-state index contributed by atoms with van der Waals surface area (Å²) in [6.07, 6.45) is 0.552. The number of amides is 5. The van der Waals surface area contributed by atoms with Gasteiger partial charge in [0.1, 0.15) is 18.0 Å². The Morgan fingerprint density at radius 3 is 2.41 bits per heavy atom. The van der Waals surface area contributed by atoms with E-state index in [9.17, 15) is 24.0 Å². The van der Waals surface area contributed by atoms with Gasteiger partial charge in [-0.05, 0) is 29.1 Å². The molecule has 34 heavy (non-hydrogen) atoms. The Kier molecular flexibility index (Phi) is 7.22. The SMILES string of the molecule is CC(=O)N[C@H](C(=O)N1C[C@H]2[C@@H]([C@H]1C(=O)NN(C[C@@H]1CCNC1=O)C(=O)CCl)C2(C)C)C(C)(C)C. The van der Waals surface area contributed by atoms with Gasteiger partial charge in [0.25, 0.3) is 11.8 Å². The van der Waals surface area contributed by atoms with Crippen LogP contribution in [0.15, 0.2) is 0 Å². The first-order valence-electron chi connectivity index (χ1n) is 11.7. The maximum absolute atomic E-state index is 13.6. The van der Waals surface area contributed by atoms with Crippen LogP contribution in [0.1, 0.15) is 48.0 Å². The van der Waals surface area contributed by atoms with Crippen LogP contribution in [0, 0.1) is 28.6 Å². The molecule has 0 bridgehead atoms. The van der Waals surface area contributed by atoms with Gasteiger partial charge in [-0.2, -0.15) is 0 Å². The molecular weight excluding hydrogens is 462 g/mol. The predicted octanol–water partition coefficient (Wildman–Crippen LogP) is 0.255. The van der Waals surface area contributed by atoms with Crippen molar-refractivity contribution in [1.29, 1.82) is 0 Å². The van der Waals surface area contributed by atoms with E-state index >= 15 is 0 Å². The number of nitrogens with one attached hydrogen (secondary N) is 3. The predicted molar refractivity (Wildman–Crippen MR) is 125 cm³/mol. The van der Waals surface area contributed by atoms with Crippen molar-refractivity contribution in [3.8, 4) is 0 Å². The van der Waals surface area contributed by atoms with Crippen LogP contribution in [0.4, 0.5) is 0 Å². The van der Waals surface area contributed by atoms with Crippen LogP contribution in [0.3, 0.4) is 0 Å². The number of hydrogen-bond donors (Lipinski definition) is 3. The Bertz CT molecular complexity index is 885. The van der Waals surface area contributed by atoms with Crippen molar-refractivity contribution >= 4 is 41.1 Å². The lowest BCUT2D eigenvalue weighted by Crippen LogP contribution is -2.61. The molecule has 1 saturated carbocycles. The first-order valence-corrected chi connectivity index (χ1v) is 12.3. The number of nitrogens with zero attached hydrogens (tertiary/aromatic N) is 2. The van der Waals surface area contributed by atoms with E-state index in [-0.39, 0.29) is 47.4 Å². The van der Waals surface area contributed by atoms with E-state index in [1.165, 1.54) is 11.8 Å². The quantitative estimate of drug-likeness (QED) is 0.358. The van der Waals surface area contributed by atoms with Crippen molar-refractivity contribution in [2.45, 2.75) is 60.0 Å². The lowest BCUT2D eigenvalue weighted by molar-refractivity contribution is -0.149. The summed E-state index contributed by atoms with van der Waals surface area (Å²) in [7, 11) is 0. The Labute approximate surface area is 205 Å². The number of carbonyl (C=O) groups is 5. The molecule has 3 rings (SSSR count). The molecule has 0 spiro atoms. The molecule has 0 radical (unpaired) electrons. The Hall–Kier alpha value is -2.36. The van der Waals surface area contributed by atoms with Crippen molar-refractivity contribution in [1.82, 2.24) is 26.0 Å². The van der Waals surface area contributed by atoms with Crippen LogP contribution in [-0.4, -0.2) is 77.0 Å². The fraction of sp³-hybridized carbons (Fsp3) is 0.783. The highest BCUT2D eigenvalue weighted by molar-refractivity contribution is 6.27. The van der Waals surface area contributed by atoms with Gasteiger partial charge in [-0.3, -0.25) is 34.4 Å². The number of likely N-dealkylation sites (tertiary alicyclic amines) is 1. The lowest BCUT2D eigenvalue weighted by Gasteiger charge is -2.38. The zero-order chi connectivity index (χ0) is 25.6. The van der Waals surface area contributed by atoms with E-state index in [0.717, 1.165) is 5.01 Å². The summed E-state index contributed by atoms with van der Waals surface area (Å²) < 4.78 is 0. The summed E-state index contributed by atoms with van der Waals surface area (Å²) in [5.74, 6) is -2.56. The molecule has 2 saturated heterocycles. The minimum absolute atomic E-state index is 0.0117. The van der Waals surface area contributed by atoms with E-state index in [0.29, 0.717) is 19.5 Å². The third-order valence-electron chi connectivity index (χ3n) is 7.45. The molecule has 190 valence electrons. The van der Waals surface area contributed by atoms with Crippen molar-refractivity contribution < 1.29 is 24.0 Å². The van der Waals surface area contributed by atoms with E-state index in [2.05, 4.69) is 29.9 Å². The summed E-state index contributed by atoms with van der Waals surface area (Å²) in [6.45, 7) is 12.0. The number of hydrogen-bond acceptors (Lipinski definition) is 5. The fourth-order valence-electron chi connectivity index (χ4n) is 5.35. The molecular formula is C23H36ClN5O5. The van der Waals surface area contributed by atoms with Gasteiger partial charge in [0, 0.05) is 20.0 Å². The van der Waals surface area contributed by atoms with Gasteiger partial charge < -0.3 is 15.5 Å². The average molecular weight is 498 g/mol. The molecule has 0 unspecified atom stereocenters. The molecule has 3 aliphatic rings. The molecule has 0 aromatic carbocycles. The Morgan fingerprint density at radius 2 is 1.91 bits per heavy atom. The molecule has 5 amide bonds.